The number of hydrogen-bond donors (Lipinski definition) is 2. The Bertz CT molecular complexity index is 341. The highest BCUT2D eigenvalue weighted by Gasteiger charge is 2.05. The van der Waals surface area contributed by atoms with Gasteiger partial charge in [0.05, 0.1) is 12.1 Å². The first kappa shape index (κ1) is 12.9. The fraction of sp³-hybridized carbons (Fsp3) is 0.600. The third-order valence-electron chi connectivity index (χ3n) is 2.19. The van der Waals surface area contributed by atoms with E-state index >= 15 is 0 Å². The van der Waals surface area contributed by atoms with Crippen molar-refractivity contribution >= 4 is 22.4 Å². The second-order valence-electron chi connectivity index (χ2n) is 3.54. The van der Waals surface area contributed by atoms with Crippen molar-refractivity contribution in [2.45, 2.75) is 13.3 Å². The normalized spacial score (nSPS) is 10.7. The predicted octanol–water partition coefficient (Wildman–Crippen LogP) is 1.13. The second kappa shape index (κ2) is 6.44. The molecular formula is C10H17N3O2S. The van der Waals surface area contributed by atoms with Crippen LogP contribution in [-0.4, -0.2) is 47.6 Å². The minimum Gasteiger partial charge on any atom is -0.481 e. The van der Waals surface area contributed by atoms with Gasteiger partial charge in [0.15, 0.2) is 5.13 Å². The summed E-state index contributed by atoms with van der Waals surface area (Å²) >= 11 is 1.45. The van der Waals surface area contributed by atoms with Gasteiger partial charge in [-0.1, -0.05) is 6.92 Å². The molecule has 5 nitrogen and oxygen atoms in total. The lowest BCUT2D eigenvalue weighted by Crippen LogP contribution is -2.24. The van der Waals surface area contributed by atoms with Crippen molar-refractivity contribution in [1.29, 1.82) is 0 Å². The van der Waals surface area contributed by atoms with Crippen molar-refractivity contribution in [3.8, 4) is 0 Å². The number of nitrogens with one attached hydrogen (secondary N) is 1. The van der Waals surface area contributed by atoms with Crippen molar-refractivity contribution in [2.24, 2.45) is 0 Å². The van der Waals surface area contributed by atoms with Gasteiger partial charge >= 0.3 is 5.97 Å². The Hall–Kier alpha value is -1.14. The number of carbonyl (C=O) groups is 1. The molecule has 1 aromatic heterocycles. The van der Waals surface area contributed by atoms with E-state index in [4.69, 9.17) is 5.11 Å². The molecule has 0 atom stereocenters. The summed E-state index contributed by atoms with van der Waals surface area (Å²) in [5.74, 6) is -0.845. The summed E-state index contributed by atoms with van der Waals surface area (Å²) in [5.41, 5.74) is 0.615. The highest BCUT2D eigenvalue weighted by molar-refractivity contribution is 7.13. The first-order valence-electron chi connectivity index (χ1n) is 5.20. The van der Waals surface area contributed by atoms with Gasteiger partial charge in [-0.2, -0.15) is 0 Å². The number of aliphatic carboxylic acids is 1. The van der Waals surface area contributed by atoms with Gasteiger partial charge in [-0.25, -0.2) is 4.98 Å². The van der Waals surface area contributed by atoms with E-state index in [0.717, 1.165) is 24.8 Å². The molecule has 2 N–H and O–H groups in total. The lowest BCUT2D eigenvalue weighted by Gasteiger charge is -2.13. The molecule has 90 valence electrons. The molecule has 0 aliphatic heterocycles. The van der Waals surface area contributed by atoms with E-state index in [1.807, 2.05) is 0 Å². The van der Waals surface area contributed by atoms with E-state index in [0.29, 0.717) is 5.69 Å². The molecule has 0 saturated carbocycles. The van der Waals surface area contributed by atoms with E-state index in [-0.39, 0.29) is 6.42 Å². The van der Waals surface area contributed by atoms with Gasteiger partial charge in [0, 0.05) is 18.5 Å². The summed E-state index contributed by atoms with van der Waals surface area (Å²) in [7, 11) is 2.05. The Morgan fingerprint density at radius 3 is 3.06 bits per heavy atom. The van der Waals surface area contributed by atoms with Crippen molar-refractivity contribution in [1.82, 2.24) is 9.88 Å². The predicted molar refractivity (Wildman–Crippen MR) is 65.1 cm³/mol. The number of carboxylic acids is 1. The fourth-order valence-corrected chi connectivity index (χ4v) is 1.88. The number of anilines is 1. The number of hydrogen-bond acceptors (Lipinski definition) is 5. The van der Waals surface area contributed by atoms with Crippen molar-refractivity contribution in [2.75, 3.05) is 32.0 Å². The molecule has 0 aromatic carbocycles. The second-order valence-corrected chi connectivity index (χ2v) is 4.40. The zero-order chi connectivity index (χ0) is 12.0. The van der Waals surface area contributed by atoms with E-state index in [1.165, 1.54) is 11.3 Å². The van der Waals surface area contributed by atoms with Crippen LogP contribution in [-0.2, 0) is 11.2 Å². The zero-order valence-electron chi connectivity index (χ0n) is 9.56. The molecule has 0 bridgehead atoms. The SMILES string of the molecule is CCN(C)CCNc1nc(CC(=O)O)cs1. The molecule has 0 spiro atoms. The Kier molecular flexibility index (Phi) is 5.21. The number of carboxylic acid groups (broad SMARTS) is 1. The van der Waals surface area contributed by atoms with Crippen LogP contribution in [0.3, 0.4) is 0 Å². The van der Waals surface area contributed by atoms with Gasteiger partial charge in [0.25, 0.3) is 0 Å². The van der Waals surface area contributed by atoms with Crippen LogP contribution in [0.5, 0.6) is 0 Å². The number of thiazole rings is 1. The van der Waals surface area contributed by atoms with E-state index < -0.39 is 5.97 Å². The topological polar surface area (TPSA) is 65.5 Å². The maximum absolute atomic E-state index is 10.5. The molecular weight excluding hydrogens is 226 g/mol. The molecule has 16 heavy (non-hydrogen) atoms. The molecule has 1 aromatic rings. The average Bonchev–Trinajstić information content (AvgIpc) is 2.64. The third kappa shape index (κ3) is 4.59. The Morgan fingerprint density at radius 2 is 2.44 bits per heavy atom. The van der Waals surface area contributed by atoms with E-state index in [2.05, 4.69) is 29.2 Å². The lowest BCUT2D eigenvalue weighted by atomic mass is 10.3. The number of likely N-dealkylation sites (N-methyl/N-ethyl adjacent to an activating group) is 1. The molecule has 6 heteroatoms. The molecule has 0 aliphatic carbocycles. The van der Waals surface area contributed by atoms with Crippen molar-refractivity contribution in [3.63, 3.8) is 0 Å². The minimum atomic E-state index is -0.845. The quantitative estimate of drug-likeness (QED) is 0.751. The standard InChI is InChI=1S/C10H17N3O2S/c1-3-13(2)5-4-11-10-12-8(7-16-10)6-9(14)15/h7H,3-6H2,1-2H3,(H,11,12)(H,14,15). The van der Waals surface area contributed by atoms with Crippen LogP contribution in [0.15, 0.2) is 5.38 Å². The smallest absolute Gasteiger partial charge is 0.309 e. The number of aromatic nitrogens is 1. The van der Waals surface area contributed by atoms with Gasteiger partial charge in [-0.15, -0.1) is 11.3 Å². The molecule has 1 heterocycles. The van der Waals surface area contributed by atoms with Crippen LogP contribution in [0.25, 0.3) is 0 Å². The van der Waals surface area contributed by atoms with Gasteiger partial charge in [-0.3, -0.25) is 4.79 Å². The summed E-state index contributed by atoms with van der Waals surface area (Å²) < 4.78 is 0. The molecule has 0 unspecified atom stereocenters. The Balaban J connectivity index is 2.32. The maximum atomic E-state index is 10.5. The highest BCUT2D eigenvalue weighted by atomic mass is 32.1. The van der Waals surface area contributed by atoms with E-state index in [9.17, 15) is 4.79 Å². The summed E-state index contributed by atoms with van der Waals surface area (Å²) in [6.07, 6.45) is -0.00690. The molecule has 1 rings (SSSR count). The summed E-state index contributed by atoms with van der Waals surface area (Å²) in [6.45, 7) is 4.90. The first-order chi connectivity index (χ1) is 7.61. The molecule has 0 saturated heterocycles. The van der Waals surface area contributed by atoms with Gasteiger partial charge in [0.2, 0.25) is 0 Å². The summed E-state index contributed by atoms with van der Waals surface area (Å²) in [6, 6.07) is 0. The van der Waals surface area contributed by atoms with Crippen LogP contribution < -0.4 is 5.32 Å². The van der Waals surface area contributed by atoms with Crippen LogP contribution >= 0.6 is 11.3 Å². The maximum Gasteiger partial charge on any atom is 0.309 e. The number of nitrogens with zero attached hydrogens (tertiary/aromatic N) is 2. The molecule has 0 amide bonds. The summed E-state index contributed by atoms with van der Waals surface area (Å²) in [5, 5.41) is 14.3. The lowest BCUT2D eigenvalue weighted by molar-refractivity contribution is -0.136. The van der Waals surface area contributed by atoms with Crippen LogP contribution in [0.2, 0.25) is 0 Å². The van der Waals surface area contributed by atoms with Gasteiger partial charge in [-0.05, 0) is 13.6 Å². The van der Waals surface area contributed by atoms with Crippen LogP contribution in [0.4, 0.5) is 5.13 Å². The summed E-state index contributed by atoms with van der Waals surface area (Å²) in [4.78, 5) is 16.8. The van der Waals surface area contributed by atoms with Crippen molar-refractivity contribution < 1.29 is 9.90 Å². The largest absolute Gasteiger partial charge is 0.481 e. The monoisotopic (exact) mass is 243 g/mol. The van der Waals surface area contributed by atoms with Crippen LogP contribution in [0, 0.1) is 0 Å². The molecule has 0 radical (unpaired) electrons. The Labute approximate surface area is 99.1 Å². The first-order valence-corrected chi connectivity index (χ1v) is 6.08. The van der Waals surface area contributed by atoms with Gasteiger partial charge < -0.3 is 15.3 Å². The third-order valence-corrected chi connectivity index (χ3v) is 3.04. The highest BCUT2D eigenvalue weighted by Crippen LogP contribution is 2.15. The van der Waals surface area contributed by atoms with Crippen LogP contribution in [0.1, 0.15) is 12.6 Å². The van der Waals surface area contributed by atoms with E-state index in [1.54, 1.807) is 5.38 Å². The molecule has 0 aliphatic rings. The van der Waals surface area contributed by atoms with Gasteiger partial charge in [0.1, 0.15) is 0 Å². The minimum absolute atomic E-state index is 0.00690. The Morgan fingerprint density at radius 1 is 1.69 bits per heavy atom. The average molecular weight is 243 g/mol. The molecule has 0 fully saturated rings. The van der Waals surface area contributed by atoms with Crippen molar-refractivity contribution in [3.05, 3.63) is 11.1 Å². The fourth-order valence-electron chi connectivity index (χ4n) is 1.14. The zero-order valence-corrected chi connectivity index (χ0v) is 10.4. The number of rotatable bonds is 7.